The topological polar surface area (TPSA) is 86.8 Å². The molecule has 0 unspecified atom stereocenters. The highest BCUT2D eigenvalue weighted by atomic mass is 32.2. The van der Waals surface area contributed by atoms with Crippen molar-refractivity contribution in [1.82, 2.24) is 10.2 Å². The van der Waals surface area contributed by atoms with Gasteiger partial charge in [0.05, 0.1) is 11.9 Å². The van der Waals surface area contributed by atoms with Crippen LogP contribution < -0.4 is 9.62 Å². The van der Waals surface area contributed by atoms with Gasteiger partial charge >= 0.3 is 0 Å². The van der Waals surface area contributed by atoms with Gasteiger partial charge in [-0.2, -0.15) is 0 Å². The highest BCUT2D eigenvalue weighted by Crippen LogP contribution is 2.23. The van der Waals surface area contributed by atoms with E-state index in [1.807, 2.05) is 58.0 Å². The normalized spacial score (nSPS) is 13.1. The molecule has 0 saturated heterocycles. The third-order valence-electron chi connectivity index (χ3n) is 6.05. The summed E-state index contributed by atoms with van der Waals surface area (Å²) in [5.41, 5.74) is 3.10. The second-order valence-corrected chi connectivity index (χ2v) is 10.7. The van der Waals surface area contributed by atoms with Crippen LogP contribution in [0.15, 0.2) is 48.5 Å². The maximum Gasteiger partial charge on any atom is 0.244 e. The number of carbonyl (C=O) groups is 2. The predicted molar refractivity (Wildman–Crippen MR) is 137 cm³/mol. The van der Waals surface area contributed by atoms with Crippen molar-refractivity contribution in [3.05, 3.63) is 65.2 Å². The lowest BCUT2D eigenvalue weighted by molar-refractivity contribution is -0.140. The monoisotopic (exact) mass is 487 g/mol. The lowest BCUT2D eigenvalue weighted by Gasteiger charge is -2.34. The number of carbonyl (C=O) groups excluding carboxylic acids is 2. The van der Waals surface area contributed by atoms with Crippen LogP contribution in [-0.4, -0.2) is 50.0 Å². The van der Waals surface area contributed by atoms with Crippen molar-refractivity contribution in [2.24, 2.45) is 0 Å². The Balaban J connectivity index is 2.47. The number of amides is 2. The SMILES string of the molecule is CC[C@H](C(=O)N[C@@H](C)CC)N(Cc1ccccc1C)C(=O)CN(c1ccccc1C)S(C)(=O)=O. The van der Waals surface area contributed by atoms with Gasteiger partial charge in [-0.15, -0.1) is 0 Å². The summed E-state index contributed by atoms with van der Waals surface area (Å²) >= 11 is 0. The summed E-state index contributed by atoms with van der Waals surface area (Å²) in [6.07, 6.45) is 2.26. The second-order valence-electron chi connectivity index (χ2n) is 8.75. The summed E-state index contributed by atoms with van der Waals surface area (Å²) in [5, 5.41) is 2.98. The van der Waals surface area contributed by atoms with E-state index >= 15 is 0 Å². The average molecular weight is 488 g/mol. The smallest absolute Gasteiger partial charge is 0.244 e. The molecule has 0 aliphatic rings. The molecule has 0 aliphatic carbocycles. The minimum absolute atomic E-state index is 0.0311. The molecule has 34 heavy (non-hydrogen) atoms. The first-order valence-corrected chi connectivity index (χ1v) is 13.5. The van der Waals surface area contributed by atoms with Crippen molar-refractivity contribution < 1.29 is 18.0 Å². The van der Waals surface area contributed by atoms with Crippen molar-refractivity contribution in [3.63, 3.8) is 0 Å². The third kappa shape index (κ3) is 7.06. The van der Waals surface area contributed by atoms with E-state index in [2.05, 4.69) is 5.32 Å². The summed E-state index contributed by atoms with van der Waals surface area (Å²) in [6, 6.07) is 14.0. The largest absolute Gasteiger partial charge is 0.352 e. The summed E-state index contributed by atoms with van der Waals surface area (Å²) < 4.78 is 26.5. The molecule has 2 atom stereocenters. The number of aryl methyl sites for hydroxylation is 2. The molecule has 186 valence electrons. The molecule has 0 aromatic heterocycles. The Bertz CT molecular complexity index is 1100. The molecule has 0 heterocycles. The first-order valence-electron chi connectivity index (χ1n) is 11.7. The zero-order chi connectivity index (χ0) is 25.5. The van der Waals surface area contributed by atoms with Gasteiger partial charge in [0, 0.05) is 12.6 Å². The molecular weight excluding hydrogens is 450 g/mol. The van der Waals surface area contributed by atoms with E-state index in [4.69, 9.17) is 0 Å². The summed E-state index contributed by atoms with van der Waals surface area (Å²) in [7, 11) is -3.74. The van der Waals surface area contributed by atoms with E-state index < -0.39 is 22.0 Å². The standard InChI is InChI=1S/C26H37N3O4S/c1-7-21(5)27-26(31)23(8-2)28(17-22-15-11-9-13-19(22)3)25(30)18-29(34(6,32)33)24-16-12-10-14-20(24)4/h9-16,21,23H,7-8,17-18H2,1-6H3,(H,27,31)/t21-,23+/m0/s1. The van der Waals surface area contributed by atoms with Gasteiger partial charge in [0.1, 0.15) is 12.6 Å². The van der Waals surface area contributed by atoms with Crippen LogP contribution in [0.4, 0.5) is 5.69 Å². The molecule has 0 aliphatic heterocycles. The molecule has 2 aromatic carbocycles. The molecule has 0 fully saturated rings. The first kappa shape index (κ1) is 27.4. The molecule has 2 aromatic rings. The van der Waals surface area contributed by atoms with Gasteiger partial charge in [-0.05, 0) is 56.4 Å². The van der Waals surface area contributed by atoms with Crippen LogP contribution in [-0.2, 0) is 26.2 Å². The molecule has 0 radical (unpaired) electrons. The van der Waals surface area contributed by atoms with E-state index in [-0.39, 0.29) is 25.0 Å². The van der Waals surface area contributed by atoms with E-state index in [0.717, 1.165) is 33.7 Å². The fourth-order valence-corrected chi connectivity index (χ4v) is 4.68. The van der Waals surface area contributed by atoms with Crippen LogP contribution in [0.2, 0.25) is 0 Å². The lowest BCUT2D eigenvalue weighted by atomic mass is 10.1. The molecular formula is C26H37N3O4S. The van der Waals surface area contributed by atoms with Gasteiger partial charge < -0.3 is 10.2 Å². The van der Waals surface area contributed by atoms with Crippen molar-refractivity contribution in [3.8, 4) is 0 Å². The van der Waals surface area contributed by atoms with Gasteiger partial charge in [-0.25, -0.2) is 8.42 Å². The number of anilines is 1. The molecule has 7 nitrogen and oxygen atoms in total. The third-order valence-corrected chi connectivity index (χ3v) is 7.18. The molecule has 1 N–H and O–H groups in total. The first-order chi connectivity index (χ1) is 16.0. The number of hydrogen-bond donors (Lipinski definition) is 1. The maximum atomic E-state index is 13.7. The Labute approximate surface area is 204 Å². The summed E-state index contributed by atoms with van der Waals surface area (Å²) in [6.45, 7) is 9.34. The van der Waals surface area contributed by atoms with Crippen LogP contribution in [0.25, 0.3) is 0 Å². The number of sulfonamides is 1. The number of nitrogens with one attached hydrogen (secondary N) is 1. The van der Waals surface area contributed by atoms with Gasteiger partial charge in [0.25, 0.3) is 0 Å². The molecule has 2 amide bonds. The number of para-hydroxylation sites is 1. The summed E-state index contributed by atoms with van der Waals surface area (Å²) in [4.78, 5) is 28.3. The van der Waals surface area contributed by atoms with E-state index in [1.54, 1.807) is 25.1 Å². The van der Waals surface area contributed by atoms with E-state index in [0.29, 0.717) is 12.1 Å². The highest BCUT2D eigenvalue weighted by Gasteiger charge is 2.32. The second kappa shape index (κ2) is 12.0. The number of benzene rings is 2. The number of hydrogen-bond acceptors (Lipinski definition) is 4. The van der Waals surface area contributed by atoms with Crippen LogP contribution >= 0.6 is 0 Å². The zero-order valence-electron chi connectivity index (χ0n) is 21.0. The highest BCUT2D eigenvalue weighted by molar-refractivity contribution is 7.92. The molecule has 0 bridgehead atoms. The maximum absolute atomic E-state index is 13.7. The number of rotatable bonds is 11. The van der Waals surface area contributed by atoms with E-state index in [1.165, 1.54) is 4.90 Å². The van der Waals surface area contributed by atoms with Crippen LogP contribution in [0.5, 0.6) is 0 Å². The quantitative estimate of drug-likeness (QED) is 0.522. The Kier molecular flexibility index (Phi) is 9.67. The molecule has 2 rings (SSSR count). The van der Waals surface area contributed by atoms with Gasteiger partial charge in [0.2, 0.25) is 21.8 Å². The van der Waals surface area contributed by atoms with E-state index in [9.17, 15) is 18.0 Å². The molecule has 8 heteroatoms. The van der Waals surface area contributed by atoms with Crippen molar-refractivity contribution in [2.75, 3.05) is 17.1 Å². The minimum atomic E-state index is -3.74. The van der Waals surface area contributed by atoms with Crippen LogP contribution in [0.3, 0.4) is 0 Å². The Morgan fingerprint density at radius 1 is 0.941 bits per heavy atom. The van der Waals surface area contributed by atoms with Crippen LogP contribution in [0, 0.1) is 13.8 Å². The van der Waals surface area contributed by atoms with Gasteiger partial charge in [-0.1, -0.05) is 56.3 Å². The summed E-state index contributed by atoms with van der Waals surface area (Å²) in [5.74, 6) is -0.663. The zero-order valence-corrected chi connectivity index (χ0v) is 21.9. The minimum Gasteiger partial charge on any atom is -0.352 e. The predicted octanol–water partition coefficient (Wildman–Crippen LogP) is 3.79. The fraction of sp³-hybridized carbons (Fsp3) is 0.462. The number of nitrogens with zero attached hydrogens (tertiary/aromatic N) is 2. The van der Waals surface area contributed by atoms with Crippen molar-refractivity contribution >= 4 is 27.5 Å². The van der Waals surface area contributed by atoms with Gasteiger partial charge in [-0.3, -0.25) is 13.9 Å². The average Bonchev–Trinajstić information content (AvgIpc) is 2.78. The lowest BCUT2D eigenvalue weighted by Crippen LogP contribution is -2.53. The van der Waals surface area contributed by atoms with Crippen molar-refractivity contribution in [2.45, 2.75) is 66.1 Å². The Morgan fingerprint density at radius 3 is 2.06 bits per heavy atom. The Morgan fingerprint density at radius 2 is 1.53 bits per heavy atom. The van der Waals surface area contributed by atoms with Crippen molar-refractivity contribution in [1.29, 1.82) is 0 Å². The molecule has 0 spiro atoms. The Hall–Kier alpha value is -2.87. The molecule has 0 saturated carbocycles. The fourth-order valence-electron chi connectivity index (χ4n) is 3.77. The van der Waals surface area contributed by atoms with Crippen LogP contribution in [0.1, 0.15) is 50.3 Å². The van der Waals surface area contributed by atoms with Gasteiger partial charge in [0.15, 0.2) is 0 Å².